The topological polar surface area (TPSA) is 41.1 Å². The zero-order chi connectivity index (χ0) is 13.8. The fourth-order valence-electron chi connectivity index (χ4n) is 1.41. The summed E-state index contributed by atoms with van der Waals surface area (Å²) in [6.07, 6.45) is -4.32. The van der Waals surface area contributed by atoms with Crippen LogP contribution in [-0.2, 0) is 11.0 Å². The molecule has 1 unspecified atom stereocenters. The van der Waals surface area contributed by atoms with Crippen LogP contribution in [0.1, 0.15) is 24.1 Å². The summed E-state index contributed by atoms with van der Waals surface area (Å²) in [7, 11) is 1.52. The van der Waals surface area contributed by atoms with Crippen LogP contribution in [0.3, 0.4) is 0 Å². The molecule has 100 valence electrons. The molecule has 3 nitrogen and oxygen atoms in total. The molecule has 2 N–H and O–H groups in total. The van der Waals surface area contributed by atoms with Crippen molar-refractivity contribution < 1.29 is 18.0 Å². The van der Waals surface area contributed by atoms with Gasteiger partial charge < -0.3 is 10.6 Å². The molecule has 0 radical (unpaired) electrons. The number of hydrogen-bond donors (Lipinski definition) is 2. The van der Waals surface area contributed by atoms with Crippen LogP contribution in [0.4, 0.5) is 13.2 Å². The van der Waals surface area contributed by atoms with E-state index in [0.29, 0.717) is 5.56 Å². The Kier molecular flexibility index (Phi) is 4.72. The molecule has 0 spiro atoms. The van der Waals surface area contributed by atoms with Crippen molar-refractivity contribution in [3.8, 4) is 0 Å². The summed E-state index contributed by atoms with van der Waals surface area (Å²) < 4.78 is 37.1. The Morgan fingerprint density at radius 3 is 2.28 bits per heavy atom. The molecular weight excluding hydrogens is 245 g/mol. The van der Waals surface area contributed by atoms with Crippen LogP contribution >= 0.6 is 0 Å². The van der Waals surface area contributed by atoms with Crippen molar-refractivity contribution in [3.05, 3.63) is 35.4 Å². The Balaban J connectivity index is 2.65. The van der Waals surface area contributed by atoms with Crippen molar-refractivity contribution in [2.75, 3.05) is 13.6 Å². The highest BCUT2D eigenvalue weighted by molar-refractivity contribution is 5.77. The number of amides is 1. The highest BCUT2D eigenvalue weighted by Crippen LogP contribution is 2.29. The second kappa shape index (κ2) is 5.86. The minimum absolute atomic E-state index is 0.124. The van der Waals surface area contributed by atoms with E-state index in [1.807, 2.05) is 0 Å². The van der Waals surface area contributed by atoms with Gasteiger partial charge in [0.1, 0.15) is 0 Å². The standard InChI is InChI=1S/C12H15F3N2O/c1-8(17-7-11(18)16-2)9-3-5-10(6-4-9)12(13,14)15/h3-6,8,17H,7H2,1-2H3,(H,16,18). The molecular formula is C12H15F3N2O. The molecule has 0 aliphatic heterocycles. The quantitative estimate of drug-likeness (QED) is 0.870. The molecule has 1 aromatic carbocycles. The van der Waals surface area contributed by atoms with Crippen LogP contribution < -0.4 is 10.6 Å². The first-order chi connectivity index (χ1) is 8.34. The predicted octanol–water partition coefficient (Wildman–Crippen LogP) is 2.10. The maximum absolute atomic E-state index is 12.4. The van der Waals surface area contributed by atoms with Gasteiger partial charge in [-0.15, -0.1) is 0 Å². The van der Waals surface area contributed by atoms with E-state index in [2.05, 4.69) is 10.6 Å². The highest BCUT2D eigenvalue weighted by atomic mass is 19.4. The van der Waals surface area contributed by atoms with Gasteiger partial charge in [-0.05, 0) is 24.6 Å². The van der Waals surface area contributed by atoms with E-state index >= 15 is 0 Å². The van der Waals surface area contributed by atoms with Crippen LogP contribution in [0.25, 0.3) is 0 Å². The number of benzene rings is 1. The predicted molar refractivity (Wildman–Crippen MR) is 61.9 cm³/mol. The van der Waals surface area contributed by atoms with E-state index in [1.165, 1.54) is 19.2 Å². The number of carbonyl (C=O) groups excluding carboxylic acids is 1. The van der Waals surface area contributed by atoms with Crippen LogP contribution in [-0.4, -0.2) is 19.5 Å². The van der Waals surface area contributed by atoms with Crippen LogP contribution in [0, 0.1) is 0 Å². The lowest BCUT2D eigenvalue weighted by molar-refractivity contribution is -0.137. The summed E-state index contributed by atoms with van der Waals surface area (Å²) in [6.45, 7) is 1.91. The number of nitrogens with one attached hydrogen (secondary N) is 2. The zero-order valence-corrected chi connectivity index (χ0v) is 10.1. The van der Waals surface area contributed by atoms with Crippen molar-refractivity contribution in [1.29, 1.82) is 0 Å². The summed E-state index contributed by atoms with van der Waals surface area (Å²) in [5, 5.41) is 5.37. The summed E-state index contributed by atoms with van der Waals surface area (Å²) in [5.74, 6) is -0.172. The molecule has 0 saturated carbocycles. The largest absolute Gasteiger partial charge is 0.416 e. The Hall–Kier alpha value is -1.56. The number of carbonyl (C=O) groups is 1. The lowest BCUT2D eigenvalue weighted by Gasteiger charge is -2.14. The van der Waals surface area contributed by atoms with Gasteiger partial charge in [-0.3, -0.25) is 4.79 Å². The van der Waals surface area contributed by atoms with E-state index in [-0.39, 0.29) is 18.5 Å². The maximum Gasteiger partial charge on any atom is 0.416 e. The first-order valence-corrected chi connectivity index (χ1v) is 5.45. The fourth-order valence-corrected chi connectivity index (χ4v) is 1.41. The number of rotatable bonds is 4. The molecule has 6 heteroatoms. The molecule has 1 amide bonds. The Morgan fingerprint density at radius 2 is 1.83 bits per heavy atom. The first-order valence-electron chi connectivity index (χ1n) is 5.45. The van der Waals surface area contributed by atoms with Gasteiger partial charge in [-0.25, -0.2) is 0 Å². The molecule has 0 saturated heterocycles. The molecule has 18 heavy (non-hydrogen) atoms. The Labute approximate surface area is 103 Å². The van der Waals surface area contributed by atoms with Gasteiger partial charge in [0.25, 0.3) is 0 Å². The van der Waals surface area contributed by atoms with E-state index < -0.39 is 11.7 Å². The smallest absolute Gasteiger partial charge is 0.358 e. The third-order valence-electron chi connectivity index (χ3n) is 2.59. The third kappa shape index (κ3) is 4.03. The van der Waals surface area contributed by atoms with Gasteiger partial charge in [0, 0.05) is 13.1 Å². The zero-order valence-electron chi connectivity index (χ0n) is 10.1. The molecule has 1 rings (SSSR count). The lowest BCUT2D eigenvalue weighted by Crippen LogP contribution is -2.32. The monoisotopic (exact) mass is 260 g/mol. The van der Waals surface area contributed by atoms with E-state index in [9.17, 15) is 18.0 Å². The third-order valence-corrected chi connectivity index (χ3v) is 2.59. The molecule has 0 aliphatic carbocycles. The van der Waals surface area contributed by atoms with Crippen LogP contribution in [0.15, 0.2) is 24.3 Å². The van der Waals surface area contributed by atoms with E-state index in [1.54, 1.807) is 6.92 Å². The van der Waals surface area contributed by atoms with Gasteiger partial charge in [0.05, 0.1) is 12.1 Å². The summed E-state index contributed by atoms with van der Waals surface area (Å²) in [6, 6.07) is 4.69. The molecule has 0 aliphatic rings. The second-order valence-electron chi connectivity index (χ2n) is 3.90. The minimum Gasteiger partial charge on any atom is -0.358 e. The summed E-state index contributed by atoms with van der Waals surface area (Å²) in [5.41, 5.74) is 0.0247. The number of alkyl halides is 3. The number of hydrogen-bond acceptors (Lipinski definition) is 2. The van der Waals surface area contributed by atoms with Crippen LogP contribution in [0.5, 0.6) is 0 Å². The minimum atomic E-state index is -4.32. The number of halogens is 3. The molecule has 1 atom stereocenters. The van der Waals surface area contributed by atoms with Gasteiger partial charge in [-0.1, -0.05) is 12.1 Å². The first kappa shape index (κ1) is 14.5. The van der Waals surface area contributed by atoms with Crippen molar-refractivity contribution >= 4 is 5.91 Å². The van der Waals surface area contributed by atoms with Crippen molar-refractivity contribution in [2.24, 2.45) is 0 Å². The molecule has 0 heterocycles. The van der Waals surface area contributed by atoms with Crippen molar-refractivity contribution in [3.63, 3.8) is 0 Å². The highest BCUT2D eigenvalue weighted by Gasteiger charge is 2.30. The van der Waals surface area contributed by atoms with Crippen molar-refractivity contribution in [1.82, 2.24) is 10.6 Å². The average Bonchev–Trinajstić information content (AvgIpc) is 2.34. The van der Waals surface area contributed by atoms with Crippen LogP contribution in [0.2, 0.25) is 0 Å². The summed E-state index contributed by atoms with van der Waals surface area (Å²) >= 11 is 0. The Bertz CT molecular complexity index is 401. The molecule has 1 aromatic rings. The number of likely N-dealkylation sites (N-methyl/N-ethyl adjacent to an activating group) is 1. The van der Waals surface area contributed by atoms with Gasteiger partial charge in [-0.2, -0.15) is 13.2 Å². The SMILES string of the molecule is CNC(=O)CNC(C)c1ccc(C(F)(F)F)cc1. The lowest BCUT2D eigenvalue weighted by atomic mass is 10.1. The van der Waals surface area contributed by atoms with Gasteiger partial charge in [0.15, 0.2) is 0 Å². The van der Waals surface area contributed by atoms with Gasteiger partial charge >= 0.3 is 6.18 Å². The Morgan fingerprint density at radius 1 is 1.28 bits per heavy atom. The summed E-state index contributed by atoms with van der Waals surface area (Å²) in [4.78, 5) is 11.0. The molecule has 0 aromatic heterocycles. The fraction of sp³-hybridized carbons (Fsp3) is 0.417. The average molecular weight is 260 g/mol. The van der Waals surface area contributed by atoms with E-state index in [0.717, 1.165) is 12.1 Å². The molecule has 0 bridgehead atoms. The second-order valence-corrected chi connectivity index (χ2v) is 3.90. The maximum atomic E-state index is 12.4. The normalized spacial score (nSPS) is 13.2. The van der Waals surface area contributed by atoms with Gasteiger partial charge in [0.2, 0.25) is 5.91 Å². The van der Waals surface area contributed by atoms with E-state index in [4.69, 9.17) is 0 Å². The molecule has 0 fully saturated rings. The van der Waals surface area contributed by atoms with Crippen molar-refractivity contribution in [2.45, 2.75) is 19.1 Å².